The molecule has 0 radical (unpaired) electrons. The summed E-state index contributed by atoms with van der Waals surface area (Å²) in [7, 11) is -3.29. The highest BCUT2D eigenvalue weighted by Crippen LogP contribution is 2.25. The van der Waals surface area contributed by atoms with E-state index in [9.17, 15) is 13.2 Å². The molecule has 1 atom stereocenters. The van der Waals surface area contributed by atoms with Gasteiger partial charge < -0.3 is 11.1 Å². The van der Waals surface area contributed by atoms with Gasteiger partial charge in [-0.3, -0.25) is 4.79 Å². The molecule has 0 aromatic carbocycles. The minimum absolute atomic E-state index is 0.133. The minimum atomic E-state index is -3.29. The highest BCUT2D eigenvalue weighted by Gasteiger charge is 2.31. The average Bonchev–Trinajstić information content (AvgIpc) is 2.80. The van der Waals surface area contributed by atoms with E-state index in [2.05, 4.69) is 5.32 Å². The first-order chi connectivity index (χ1) is 8.85. The monoisotopic (exact) mass is 290 g/mol. The van der Waals surface area contributed by atoms with Crippen molar-refractivity contribution in [2.75, 3.05) is 12.3 Å². The first-order valence-corrected chi connectivity index (χ1v) is 8.77. The van der Waals surface area contributed by atoms with E-state index in [1.165, 1.54) is 0 Å². The maximum absolute atomic E-state index is 12.0. The number of nitrogens with one attached hydrogen (secondary N) is 1. The summed E-state index contributed by atoms with van der Waals surface area (Å²) in [6.45, 7) is 4.43. The summed E-state index contributed by atoms with van der Waals surface area (Å²) in [6, 6.07) is -0.133. The number of hydrogen-bond acceptors (Lipinski definition) is 4. The lowest BCUT2D eigenvalue weighted by Crippen LogP contribution is -2.44. The van der Waals surface area contributed by atoms with Gasteiger partial charge in [0.05, 0.1) is 5.25 Å². The first kappa shape index (κ1) is 16.4. The molecular formula is C13H26N2O3S. The van der Waals surface area contributed by atoms with Crippen LogP contribution in [0.25, 0.3) is 0 Å². The highest BCUT2D eigenvalue weighted by atomic mass is 32.2. The third-order valence-electron chi connectivity index (χ3n) is 3.55. The Hall–Kier alpha value is -0.620. The summed E-state index contributed by atoms with van der Waals surface area (Å²) in [6.07, 6.45) is 4.06. The normalized spacial score (nSPS) is 18.7. The fourth-order valence-corrected chi connectivity index (χ4v) is 4.34. The van der Waals surface area contributed by atoms with Crippen LogP contribution in [0.4, 0.5) is 0 Å². The van der Waals surface area contributed by atoms with Crippen LogP contribution in [0.1, 0.15) is 46.0 Å². The topological polar surface area (TPSA) is 89.3 Å². The zero-order valence-electron chi connectivity index (χ0n) is 11.9. The number of nitrogens with two attached hydrogens (primary N) is 1. The summed E-state index contributed by atoms with van der Waals surface area (Å²) in [4.78, 5) is 11.8. The second-order valence-electron chi connectivity index (χ2n) is 5.84. The molecule has 1 rings (SSSR count). The quantitative estimate of drug-likeness (QED) is 0.727. The van der Waals surface area contributed by atoms with E-state index in [-0.39, 0.29) is 11.3 Å². The number of amides is 1. The van der Waals surface area contributed by atoms with Crippen LogP contribution in [-0.4, -0.2) is 37.9 Å². The van der Waals surface area contributed by atoms with Crippen molar-refractivity contribution in [2.24, 2.45) is 11.7 Å². The van der Waals surface area contributed by atoms with Crippen LogP contribution < -0.4 is 11.1 Å². The number of rotatable bonds is 7. The van der Waals surface area contributed by atoms with Crippen molar-refractivity contribution in [3.8, 4) is 0 Å². The molecule has 19 heavy (non-hydrogen) atoms. The van der Waals surface area contributed by atoms with Crippen molar-refractivity contribution >= 4 is 15.7 Å². The summed E-state index contributed by atoms with van der Waals surface area (Å²) in [5, 5.41) is 2.41. The van der Waals surface area contributed by atoms with E-state index >= 15 is 0 Å². The Kier molecular flexibility index (Phi) is 6.26. The van der Waals surface area contributed by atoms with Gasteiger partial charge in [0.2, 0.25) is 5.91 Å². The first-order valence-electron chi connectivity index (χ1n) is 7.06. The molecular weight excluding hydrogens is 264 g/mol. The zero-order valence-corrected chi connectivity index (χ0v) is 12.7. The van der Waals surface area contributed by atoms with Crippen molar-refractivity contribution in [3.63, 3.8) is 0 Å². The van der Waals surface area contributed by atoms with Crippen LogP contribution in [0, 0.1) is 5.92 Å². The third kappa shape index (κ3) is 5.48. The lowest BCUT2D eigenvalue weighted by Gasteiger charge is -2.19. The standard InChI is InChI=1S/C13H26N2O3S/c1-10(2)7-11(8-14)15-13(16)9-19(17,18)12-5-3-4-6-12/h10-12H,3-9,14H2,1-2H3,(H,15,16). The van der Waals surface area contributed by atoms with Crippen molar-refractivity contribution in [1.82, 2.24) is 5.32 Å². The average molecular weight is 290 g/mol. The number of carbonyl (C=O) groups is 1. The lowest BCUT2D eigenvalue weighted by atomic mass is 10.0. The van der Waals surface area contributed by atoms with E-state index < -0.39 is 21.5 Å². The molecule has 112 valence electrons. The van der Waals surface area contributed by atoms with Gasteiger partial charge >= 0.3 is 0 Å². The molecule has 0 bridgehead atoms. The predicted molar refractivity (Wildman–Crippen MR) is 76.5 cm³/mol. The second kappa shape index (κ2) is 7.24. The largest absolute Gasteiger partial charge is 0.351 e. The third-order valence-corrected chi connectivity index (χ3v) is 5.70. The number of hydrogen-bond donors (Lipinski definition) is 2. The molecule has 1 fully saturated rings. The fraction of sp³-hybridized carbons (Fsp3) is 0.923. The molecule has 6 heteroatoms. The van der Waals surface area contributed by atoms with Gasteiger partial charge in [-0.15, -0.1) is 0 Å². The Bertz CT molecular complexity index is 387. The van der Waals surface area contributed by atoms with Crippen molar-refractivity contribution in [1.29, 1.82) is 0 Å². The Morgan fingerprint density at radius 1 is 1.32 bits per heavy atom. The smallest absolute Gasteiger partial charge is 0.235 e. The molecule has 0 heterocycles. The van der Waals surface area contributed by atoms with Gasteiger partial charge in [-0.1, -0.05) is 26.7 Å². The summed E-state index contributed by atoms with van der Waals surface area (Å²) < 4.78 is 24.1. The van der Waals surface area contributed by atoms with Crippen LogP contribution in [0.5, 0.6) is 0 Å². The molecule has 5 nitrogen and oxygen atoms in total. The molecule has 0 aromatic rings. The molecule has 3 N–H and O–H groups in total. The number of sulfone groups is 1. The zero-order chi connectivity index (χ0) is 14.5. The molecule has 1 aliphatic rings. The molecule has 1 amide bonds. The van der Waals surface area contributed by atoms with Crippen LogP contribution in [0.2, 0.25) is 0 Å². The Labute approximate surface area is 116 Å². The predicted octanol–water partition coefficient (Wildman–Crippen LogP) is 0.833. The van der Waals surface area contributed by atoms with Gasteiger partial charge in [-0.05, 0) is 25.2 Å². The number of carbonyl (C=O) groups excluding carboxylic acids is 1. The van der Waals surface area contributed by atoms with Crippen LogP contribution >= 0.6 is 0 Å². The molecule has 1 unspecified atom stereocenters. The highest BCUT2D eigenvalue weighted by molar-refractivity contribution is 7.92. The van der Waals surface area contributed by atoms with Crippen LogP contribution in [0.3, 0.4) is 0 Å². The Morgan fingerprint density at radius 2 is 1.89 bits per heavy atom. The van der Waals surface area contributed by atoms with Gasteiger partial charge in [0.1, 0.15) is 5.75 Å². The van der Waals surface area contributed by atoms with Gasteiger partial charge in [0.15, 0.2) is 9.84 Å². The summed E-state index contributed by atoms with van der Waals surface area (Å²) >= 11 is 0. The van der Waals surface area contributed by atoms with E-state index in [4.69, 9.17) is 5.73 Å². The SMILES string of the molecule is CC(C)CC(CN)NC(=O)CS(=O)(=O)C1CCCC1. The van der Waals surface area contributed by atoms with Gasteiger partial charge in [0.25, 0.3) is 0 Å². The van der Waals surface area contributed by atoms with Crippen molar-refractivity contribution < 1.29 is 13.2 Å². The van der Waals surface area contributed by atoms with E-state index in [0.29, 0.717) is 25.3 Å². The molecule has 0 saturated heterocycles. The van der Waals surface area contributed by atoms with Gasteiger partial charge in [0, 0.05) is 12.6 Å². The van der Waals surface area contributed by atoms with Crippen molar-refractivity contribution in [2.45, 2.75) is 57.2 Å². The van der Waals surface area contributed by atoms with Crippen LogP contribution in [0.15, 0.2) is 0 Å². The maximum atomic E-state index is 12.0. The Morgan fingerprint density at radius 3 is 2.37 bits per heavy atom. The maximum Gasteiger partial charge on any atom is 0.235 e. The second-order valence-corrected chi connectivity index (χ2v) is 8.12. The van der Waals surface area contributed by atoms with E-state index in [0.717, 1.165) is 19.3 Å². The summed E-state index contributed by atoms with van der Waals surface area (Å²) in [5.41, 5.74) is 5.59. The van der Waals surface area contributed by atoms with Gasteiger partial charge in [-0.2, -0.15) is 0 Å². The van der Waals surface area contributed by atoms with E-state index in [1.54, 1.807) is 0 Å². The minimum Gasteiger partial charge on any atom is -0.351 e. The molecule has 0 aliphatic heterocycles. The molecule has 1 saturated carbocycles. The Balaban J connectivity index is 2.49. The molecule has 0 spiro atoms. The van der Waals surface area contributed by atoms with Crippen LogP contribution in [-0.2, 0) is 14.6 Å². The van der Waals surface area contributed by atoms with E-state index in [1.807, 2.05) is 13.8 Å². The fourth-order valence-electron chi connectivity index (χ4n) is 2.60. The molecule has 0 aromatic heterocycles. The lowest BCUT2D eigenvalue weighted by molar-refractivity contribution is -0.119. The van der Waals surface area contributed by atoms with Gasteiger partial charge in [-0.25, -0.2) is 8.42 Å². The van der Waals surface area contributed by atoms with Crippen molar-refractivity contribution in [3.05, 3.63) is 0 Å². The molecule has 1 aliphatic carbocycles. The summed E-state index contributed by atoms with van der Waals surface area (Å²) in [5.74, 6) is -0.394.